The van der Waals surface area contributed by atoms with Crippen molar-refractivity contribution in [3.8, 4) is 5.75 Å². The minimum atomic E-state index is 0.718. The van der Waals surface area contributed by atoms with E-state index in [-0.39, 0.29) is 0 Å². The summed E-state index contributed by atoms with van der Waals surface area (Å²) in [6.07, 6.45) is 5.12. The average molecular weight is 186 g/mol. The quantitative estimate of drug-likeness (QED) is 0.689. The molecule has 0 aromatic heterocycles. The van der Waals surface area contributed by atoms with Gasteiger partial charge in [0.15, 0.2) is 0 Å². The van der Waals surface area contributed by atoms with Crippen molar-refractivity contribution in [3.63, 3.8) is 0 Å². The molecule has 0 saturated carbocycles. The number of fused-ring (bicyclic) bond motifs is 1. The summed E-state index contributed by atoms with van der Waals surface area (Å²) in [5.41, 5.74) is 3.75. The van der Waals surface area contributed by atoms with Gasteiger partial charge in [-0.1, -0.05) is 30.4 Å². The highest BCUT2D eigenvalue weighted by Gasteiger charge is 2.07. The molecule has 0 amide bonds. The Labute approximate surface area is 84.7 Å². The minimum Gasteiger partial charge on any atom is -0.494 e. The summed E-state index contributed by atoms with van der Waals surface area (Å²) < 4.78 is 5.45. The maximum absolute atomic E-state index is 5.45. The molecule has 1 heteroatoms. The van der Waals surface area contributed by atoms with Gasteiger partial charge in [0.05, 0.1) is 6.61 Å². The molecule has 0 fully saturated rings. The molecule has 1 aromatic carbocycles. The van der Waals surface area contributed by atoms with Crippen LogP contribution in [-0.4, -0.2) is 6.61 Å². The van der Waals surface area contributed by atoms with Crippen molar-refractivity contribution in [3.05, 3.63) is 47.6 Å². The Morgan fingerprint density at radius 2 is 2.21 bits per heavy atom. The van der Waals surface area contributed by atoms with Crippen molar-refractivity contribution in [1.82, 2.24) is 0 Å². The Morgan fingerprint density at radius 1 is 1.36 bits per heavy atom. The second-order valence-corrected chi connectivity index (χ2v) is 3.46. The Bertz CT molecular complexity index is 388. The number of ether oxygens (including phenoxy) is 1. The lowest BCUT2D eigenvalue weighted by molar-refractivity contribution is 0.340. The van der Waals surface area contributed by atoms with Gasteiger partial charge in [-0.05, 0) is 36.6 Å². The molecule has 1 nitrogen and oxygen atoms in total. The molecule has 1 aliphatic carbocycles. The number of hydrogen-bond acceptors (Lipinski definition) is 1. The van der Waals surface area contributed by atoms with Crippen LogP contribution in [0.1, 0.15) is 18.1 Å². The Kier molecular flexibility index (Phi) is 2.40. The van der Waals surface area contributed by atoms with Crippen LogP contribution in [0.5, 0.6) is 5.75 Å². The molecule has 2 rings (SSSR count). The molecule has 0 atom stereocenters. The lowest BCUT2D eigenvalue weighted by Gasteiger charge is -2.13. The molecule has 0 N–H and O–H groups in total. The highest BCUT2D eigenvalue weighted by molar-refractivity contribution is 5.62. The molecule has 1 aliphatic rings. The third kappa shape index (κ3) is 1.72. The molecule has 0 aliphatic heterocycles. The molecule has 0 radical (unpaired) electrons. The third-order valence-electron chi connectivity index (χ3n) is 2.34. The second kappa shape index (κ2) is 3.70. The van der Waals surface area contributed by atoms with Gasteiger partial charge in [0.1, 0.15) is 5.75 Å². The van der Waals surface area contributed by atoms with Crippen LogP contribution in [-0.2, 0) is 6.42 Å². The van der Waals surface area contributed by atoms with Gasteiger partial charge in [-0.2, -0.15) is 0 Å². The van der Waals surface area contributed by atoms with Gasteiger partial charge in [-0.25, -0.2) is 0 Å². The smallest absolute Gasteiger partial charge is 0.119 e. The predicted molar refractivity (Wildman–Crippen MR) is 59.5 cm³/mol. The summed E-state index contributed by atoms with van der Waals surface area (Å²) in [5, 5.41) is 0. The standard InChI is InChI=1S/C13H14O/c1-3-14-13-7-6-11-5-4-10(2)8-12(11)9-13/h4-7,9H,2-3,8H2,1H3. The third-order valence-corrected chi connectivity index (χ3v) is 2.34. The highest BCUT2D eigenvalue weighted by atomic mass is 16.5. The van der Waals surface area contributed by atoms with Crippen molar-refractivity contribution in [2.75, 3.05) is 6.61 Å². The van der Waals surface area contributed by atoms with Crippen molar-refractivity contribution in [2.45, 2.75) is 13.3 Å². The molecule has 0 saturated heterocycles. The van der Waals surface area contributed by atoms with Crippen LogP contribution in [0.15, 0.2) is 36.4 Å². The molecule has 0 heterocycles. The van der Waals surface area contributed by atoms with Crippen LogP contribution in [0.2, 0.25) is 0 Å². The van der Waals surface area contributed by atoms with E-state index in [0.29, 0.717) is 0 Å². The van der Waals surface area contributed by atoms with E-state index >= 15 is 0 Å². The van der Waals surface area contributed by atoms with E-state index in [1.165, 1.54) is 11.1 Å². The zero-order chi connectivity index (χ0) is 9.97. The minimum absolute atomic E-state index is 0.718. The predicted octanol–water partition coefficient (Wildman–Crippen LogP) is 3.21. The Hall–Kier alpha value is -1.50. The van der Waals surface area contributed by atoms with Gasteiger partial charge in [0.2, 0.25) is 0 Å². The van der Waals surface area contributed by atoms with Crippen LogP contribution in [0.25, 0.3) is 6.08 Å². The maximum Gasteiger partial charge on any atom is 0.119 e. The van der Waals surface area contributed by atoms with E-state index in [1.807, 2.05) is 13.0 Å². The van der Waals surface area contributed by atoms with Gasteiger partial charge >= 0.3 is 0 Å². The fourth-order valence-electron chi connectivity index (χ4n) is 1.67. The van der Waals surface area contributed by atoms with E-state index in [9.17, 15) is 0 Å². The monoisotopic (exact) mass is 186 g/mol. The van der Waals surface area contributed by atoms with E-state index in [0.717, 1.165) is 24.4 Å². The molecule has 72 valence electrons. The highest BCUT2D eigenvalue weighted by Crippen LogP contribution is 2.25. The zero-order valence-corrected chi connectivity index (χ0v) is 8.42. The van der Waals surface area contributed by atoms with E-state index in [1.54, 1.807) is 0 Å². The fraction of sp³-hybridized carbons (Fsp3) is 0.231. The zero-order valence-electron chi connectivity index (χ0n) is 8.42. The van der Waals surface area contributed by atoms with Crippen molar-refractivity contribution < 1.29 is 4.74 Å². The summed E-state index contributed by atoms with van der Waals surface area (Å²) in [6.45, 7) is 6.68. The van der Waals surface area contributed by atoms with Gasteiger partial charge in [0.25, 0.3) is 0 Å². The first kappa shape index (κ1) is 9.07. The average Bonchev–Trinajstić information content (AvgIpc) is 2.17. The SMILES string of the molecule is C=C1C=Cc2ccc(OCC)cc2C1. The lowest BCUT2D eigenvalue weighted by atomic mass is 9.94. The van der Waals surface area contributed by atoms with Crippen LogP contribution in [0.3, 0.4) is 0 Å². The number of rotatable bonds is 2. The summed E-state index contributed by atoms with van der Waals surface area (Å²) in [6, 6.07) is 6.22. The number of hydrogen-bond donors (Lipinski definition) is 0. The number of allylic oxidation sites excluding steroid dienone is 2. The van der Waals surface area contributed by atoms with Gasteiger partial charge in [-0.3, -0.25) is 0 Å². The molecule has 1 aromatic rings. The van der Waals surface area contributed by atoms with E-state index < -0.39 is 0 Å². The van der Waals surface area contributed by atoms with Gasteiger partial charge in [0, 0.05) is 0 Å². The molecular weight excluding hydrogens is 172 g/mol. The first-order chi connectivity index (χ1) is 6.79. The Balaban J connectivity index is 2.34. The maximum atomic E-state index is 5.45. The molecular formula is C13H14O. The van der Waals surface area contributed by atoms with Crippen LogP contribution >= 0.6 is 0 Å². The van der Waals surface area contributed by atoms with Crippen molar-refractivity contribution in [1.29, 1.82) is 0 Å². The summed E-state index contributed by atoms with van der Waals surface area (Å²) in [5.74, 6) is 0.953. The van der Waals surface area contributed by atoms with Crippen molar-refractivity contribution in [2.24, 2.45) is 0 Å². The van der Waals surface area contributed by atoms with E-state index in [2.05, 4.69) is 30.9 Å². The van der Waals surface area contributed by atoms with E-state index in [4.69, 9.17) is 4.74 Å². The molecule has 14 heavy (non-hydrogen) atoms. The normalized spacial score (nSPS) is 13.9. The lowest BCUT2D eigenvalue weighted by Crippen LogP contribution is -1.98. The van der Waals surface area contributed by atoms with Crippen LogP contribution < -0.4 is 4.74 Å². The first-order valence-corrected chi connectivity index (χ1v) is 4.91. The topological polar surface area (TPSA) is 9.23 Å². The molecule has 0 bridgehead atoms. The largest absolute Gasteiger partial charge is 0.494 e. The summed E-state index contributed by atoms with van der Waals surface area (Å²) in [4.78, 5) is 0. The van der Waals surface area contributed by atoms with Crippen LogP contribution in [0, 0.1) is 0 Å². The van der Waals surface area contributed by atoms with Crippen LogP contribution in [0.4, 0.5) is 0 Å². The molecule has 0 spiro atoms. The Morgan fingerprint density at radius 3 is 3.00 bits per heavy atom. The second-order valence-electron chi connectivity index (χ2n) is 3.46. The van der Waals surface area contributed by atoms with Crippen molar-refractivity contribution >= 4 is 6.08 Å². The number of benzene rings is 1. The fourth-order valence-corrected chi connectivity index (χ4v) is 1.67. The molecule has 0 unspecified atom stereocenters. The first-order valence-electron chi connectivity index (χ1n) is 4.91. The summed E-state index contributed by atoms with van der Waals surface area (Å²) >= 11 is 0. The van der Waals surface area contributed by atoms with Gasteiger partial charge < -0.3 is 4.74 Å². The summed E-state index contributed by atoms with van der Waals surface area (Å²) in [7, 11) is 0. The van der Waals surface area contributed by atoms with Gasteiger partial charge in [-0.15, -0.1) is 0 Å².